The van der Waals surface area contributed by atoms with Gasteiger partial charge in [0.25, 0.3) is 0 Å². The van der Waals surface area contributed by atoms with Crippen LogP contribution in [-0.2, 0) is 6.42 Å². The zero-order valence-electron chi connectivity index (χ0n) is 41.0. The van der Waals surface area contributed by atoms with Crippen molar-refractivity contribution in [3.8, 4) is 72.4 Å². The first-order valence-electron chi connectivity index (χ1n) is 25.7. The molecular weight excluding hydrogens is 893 g/mol. The van der Waals surface area contributed by atoms with E-state index in [1.807, 2.05) is 0 Å². The zero-order chi connectivity index (χ0) is 49.2. The van der Waals surface area contributed by atoms with Gasteiger partial charge in [0.2, 0.25) is 0 Å². The molecule has 1 aliphatic rings. The molecule has 0 aliphatic heterocycles. The number of aromatic nitrogens is 1. The Morgan fingerprint density at radius 2 is 0.743 bits per heavy atom. The van der Waals surface area contributed by atoms with Gasteiger partial charge in [-0.1, -0.05) is 231 Å². The highest BCUT2D eigenvalue weighted by atomic mass is 15.1. The predicted octanol–water partition coefficient (Wildman–Crippen LogP) is 19.6. The molecule has 1 aromatic heterocycles. The lowest BCUT2D eigenvalue weighted by Gasteiger charge is -2.28. The highest BCUT2D eigenvalue weighted by molar-refractivity contribution is 5.99. The lowest BCUT2D eigenvalue weighted by atomic mass is 9.90. The minimum Gasteiger partial charge on any atom is -0.313 e. The standard InChI is InChI=1S/C72H52N2/c1-5-18-51(19-6-1)54-32-38-58(39-33-54)63-46-62(53-22-9-3-10-23-53)48-66(49-63)74-71-31-16-14-29-68(71)69-50-61(44-45-72(69)74)57-36-34-56(35-37-57)60-24-17-27-65(47-60)73(64-25-11-4-12-26-64)70-30-15-13-28-67(70)59-42-40-55(41-43-59)52-20-7-2-8-21-52/h1-43,46-50H,44-45H2. The largest absolute Gasteiger partial charge is 0.313 e. The Hall–Kier alpha value is -9.50. The van der Waals surface area contributed by atoms with Crippen LogP contribution < -0.4 is 4.90 Å². The smallest absolute Gasteiger partial charge is 0.0540 e. The fraction of sp³-hybridized carbons (Fsp3) is 0.0278. The Bertz CT molecular complexity index is 3950. The van der Waals surface area contributed by atoms with Crippen LogP contribution in [0, 0.1) is 0 Å². The summed E-state index contributed by atoms with van der Waals surface area (Å²) in [4.78, 5) is 2.39. The number of hydrogen-bond donors (Lipinski definition) is 0. The number of allylic oxidation sites excluding steroid dienone is 1. The van der Waals surface area contributed by atoms with E-state index in [4.69, 9.17) is 0 Å². The molecule has 2 nitrogen and oxygen atoms in total. The molecule has 0 saturated carbocycles. The summed E-state index contributed by atoms with van der Waals surface area (Å²) in [5.41, 5.74) is 25.4. The molecule has 0 radical (unpaired) electrons. The summed E-state index contributed by atoms with van der Waals surface area (Å²) in [6.45, 7) is 0. The number of anilines is 3. The third kappa shape index (κ3) is 8.63. The topological polar surface area (TPSA) is 8.17 Å². The molecular formula is C72H52N2. The summed E-state index contributed by atoms with van der Waals surface area (Å²) >= 11 is 0. The van der Waals surface area contributed by atoms with E-state index in [9.17, 15) is 0 Å². The lowest BCUT2D eigenvalue weighted by Crippen LogP contribution is -2.11. The minimum atomic E-state index is 0.935. The first-order valence-corrected chi connectivity index (χ1v) is 25.7. The van der Waals surface area contributed by atoms with Crippen LogP contribution in [0.5, 0.6) is 0 Å². The predicted molar refractivity (Wildman–Crippen MR) is 313 cm³/mol. The fourth-order valence-corrected chi connectivity index (χ4v) is 11.0. The SMILES string of the molecule is C1=C(c2ccc(-c3cccc(N(c4ccccc4)c4ccccc4-c4ccc(-c5ccccc5)cc4)c3)cc2)CCc2c1c1ccccc1n2-c1cc(-c2ccccc2)cc(-c2ccc(-c3ccccc3)cc2)c1. The van der Waals surface area contributed by atoms with E-state index in [2.05, 4.69) is 301 Å². The maximum absolute atomic E-state index is 2.53. The van der Waals surface area contributed by atoms with Gasteiger partial charge in [-0.25, -0.2) is 0 Å². The second-order valence-corrected chi connectivity index (χ2v) is 19.2. The molecule has 1 heterocycles. The molecule has 12 aromatic rings. The van der Waals surface area contributed by atoms with E-state index in [0.717, 1.165) is 29.9 Å². The van der Waals surface area contributed by atoms with Gasteiger partial charge < -0.3 is 9.47 Å². The molecule has 0 spiro atoms. The van der Waals surface area contributed by atoms with Crippen molar-refractivity contribution < 1.29 is 0 Å². The first kappa shape index (κ1) is 44.4. The van der Waals surface area contributed by atoms with Crippen LogP contribution in [-0.4, -0.2) is 4.57 Å². The minimum absolute atomic E-state index is 0.935. The summed E-state index contributed by atoms with van der Waals surface area (Å²) in [5.74, 6) is 0. The molecule has 2 heteroatoms. The molecule has 0 unspecified atom stereocenters. The molecule has 1 aliphatic carbocycles. The van der Waals surface area contributed by atoms with Gasteiger partial charge in [0.1, 0.15) is 0 Å². The van der Waals surface area contributed by atoms with Gasteiger partial charge in [0.05, 0.1) is 11.2 Å². The van der Waals surface area contributed by atoms with Crippen molar-refractivity contribution in [1.29, 1.82) is 0 Å². The Labute approximate surface area is 434 Å². The van der Waals surface area contributed by atoms with Crippen LogP contribution in [0.25, 0.3) is 95.0 Å². The molecule has 74 heavy (non-hydrogen) atoms. The first-order chi connectivity index (χ1) is 36.7. The lowest BCUT2D eigenvalue weighted by molar-refractivity contribution is 0.898. The molecule has 0 bridgehead atoms. The van der Waals surface area contributed by atoms with E-state index in [0.29, 0.717) is 0 Å². The molecule has 0 amide bonds. The number of hydrogen-bond acceptors (Lipinski definition) is 1. The van der Waals surface area contributed by atoms with E-state index in [1.54, 1.807) is 0 Å². The fourth-order valence-electron chi connectivity index (χ4n) is 11.0. The van der Waals surface area contributed by atoms with E-state index < -0.39 is 0 Å². The molecule has 13 rings (SSSR count). The Morgan fingerprint density at radius 1 is 0.297 bits per heavy atom. The maximum Gasteiger partial charge on any atom is 0.0540 e. The van der Waals surface area contributed by atoms with Crippen LogP contribution in [0.15, 0.2) is 285 Å². The molecule has 0 fully saturated rings. The van der Waals surface area contributed by atoms with Gasteiger partial charge in [0, 0.05) is 39.3 Å². The summed E-state index contributed by atoms with van der Waals surface area (Å²) < 4.78 is 2.53. The Morgan fingerprint density at radius 3 is 1.36 bits per heavy atom. The quantitative estimate of drug-likeness (QED) is 0.125. The van der Waals surface area contributed by atoms with Gasteiger partial charge in [-0.3, -0.25) is 0 Å². The number of rotatable bonds is 11. The molecule has 0 saturated heterocycles. The summed E-state index contributed by atoms with van der Waals surface area (Å²) in [6.07, 6.45) is 4.34. The van der Waals surface area contributed by atoms with E-state index in [-0.39, 0.29) is 0 Å². The molecule has 11 aromatic carbocycles. The second kappa shape index (κ2) is 19.6. The van der Waals surface area contributed by atoms with Crippen molar-refractivity contribution >= 4 is 39.6 Å². The van der Waals surface area contributed by atoms with Gasteiger partial charge in [0.15, 0.2) is 0 Å². The van der Waals surface area contributed by atoms with Gasteiger partial charge in [-0.2, -0.15) is 0 Å². The number of para-hydroxylation sites is 3. The zero-order valence-corrected chi connectivity index (χ0v) is 41.0. The Kier molecular flexibility index (Phi) is 11.8. The van der Waals surface area contributed by atoms with E-state index >= 15 is 0 Å². The third-order valence-corrected chi connectivity index (χ3v) is 14.7. The van der Waals surface area contributed by atoms with Crippen LogP contribution in [0.4, 0.5) is 17.1 Å². The number of fused-ring (bicyclic) bond motifs is 3. The Balaban J connectivity index is 0.832. The molecule has 0 atom stereocenters. The van der Waals surface area contributed by atoms with Crippen molar-refractivity contribution in [3.63, 3.8) is 0 Å². The van der Waals surface area contributed by atoms with Crippen molar-refractivity contribution in [3.05, 3.63) is 302 Å². The van der Waals surface area contributed by atoms with Gasteiger partial charge in [-0.05, 0) is 146 Å². The summed E-state index contributed by atoms with van der Waals surface area (Å²) in [5, 5.41) is 1.28. The number of benzene rings is 11. The van der Waals surface area contributed by atoms with Crippen molar-refractivity contribution in [2.24, 2.45) is 0 Å². The van der Waals surface area contributed by atoms with Crippen molar-refractivity contribution in [1.82, 2.24) is 4.57 Å². The highest BCUT2D eigenvalue weighted by Gasteiger charge is 2.23. The van der Waals surface area contributed by atoms with Crippen LogP contribution in [0.3, 0.4) is 0 Å². The summed E-state index contributed by atoms with van der Waals surface area (Å²) in [6, 6.07) is 104. The monoisotopic (exact) mass is 944 g/mol. The van der Waals surface area contributed by atoms with Crippen molar-refractivity contribution in [2.45, 2.75) is 12.8 Å². The summed E-state index contributed by atoms with van der Waals surface area (Å²) in [7, 11) is 0. The average molecular weight is 945 g/mol. The normalized spacial score (nSPS) is 12.0. The van der Waals surface area contributed by atoms with Crippen molar-refractivity contribution in [2.75, 3.05) is 4.90 Å². The van der Waals surface area contributed by atoms with Crippen LogP contribution in [0.1, 0.15) is 23.2 Å². The van der Waals surface area contributed by atoms with E-state index in [1.165, 1.54) is 106 Å². The van der Waals surface area contributed by atoms with Crippen LogP contribution in [0.2, 0.25) is 0 Å². The second-order valence-electron chi connectivity index (χ2n) is 19.2. The molecule has 350 valence electrons. The highest BCUT2D eigenvalue weighted by Crippen LogP contribution is 2.44. The van der Waals surface area contributed by atoms with Gasteiger partial charge >= 0.3 is 0 Å². The maximum atomic E-state index is 2.53. The molecule has 0 N–H and O–H groups in total. The van der Waals surface area contributed by atoms with Crippen LogP contribution >= 0.6 is 0 Å². The van der Waals surface area contributed by atoms with Gasteiger partial charge in [-0.15, -0.1) is 0 Å². The third-order valence-electron chi connectivity index (χ3n) is 14.7. The average Bonchev–Trinajstić information content (AvgIpc) is 3.82. The number of nitrogens with zero attached hydrogens (tertiary/aromatic N) is 2.